The first-order valence-corrected chi connectivity index (χ1v) is 8.29. The van der Waals surface area contributed by atoms with Gasteiger partial charge < -0.3 is 4.42 Å². The number of hydrogen-bond acceptors (Lipinski definition) is 5. The average molecular weight is 338 g/mol. The molecule has 0 radical (unpaired) electrons. The summed E-state index contributed by atoms with van der Waals surface area (Å²) < 4.78 is 5.73. The summed E-state index contributed by atoms with van der Waals surface area (Å²) >= 11 is 0.929. The third kappa shape index (κ3) is 3.12. The molecule has 0 N–H and O–H groups in total. The molecule has 2 amide bonds. The highest BCUT2D eigenvalue weighted by molar-refractivity contribution is 8.18. The summed E-state index contributed by atoms with van der Waals surface area (Å²) in [4.78, 5) is 25.7. The van der Waals surface area contributed by atoms with Crippen LogP contribution in [-0.2, 0) is 4.79 Å². The number of thioether (sulfide) groups is 1. The number of carbonyl (C=O) groups is 2. The lowest BCUT2D eigenvalue weighted by atomic mass is 10.1. The molecule has 2 aromatic rings. The average Bonchev–Trinajstić information content (AvgIpc) is 3.16. The molecular weight excluding hydrogens is 324 g/mol. The Kier molecular flexibility index (Phi) is 4.54. The van der Waals surface area contributed by atoms with Gasteiger partial charge in [0.2, 0.25) is 0 Å². The first-order valence-electron chi connectivity index (χ1n) is 7.48. The molecule has 120 valence electrons. The second-order valence-electron chi connectivity index (χ2n) is 5.22. The Morgan fingerprint density at radius 2 is 1.96 bits per heavy atom. The van der Waals surface area contributed by atoms with E-state index < -0.39 is 0 Å². The Morgan fingerprint density at radius 3 is 2.62 bits per heavy atom. The highest BCUT2D eigenvalue weighted by Gasteiger charge is 2.34. The Balaban J connectivity index is 1.82. The largest absolute Gasteiger partial charge is 0.457 e. The third-order valence-corrected chi connectivity index (χ3v) is 4.43. The number of imide groups is 1. The normalized spacial score (nSPS) is 16.0. The SMILES string of the molecule is CCCN1C(=O)S/C(=C/c2ccc(-c3ccc(C#N)cc3)o2)C1=O. The Bertz CT molecular complexity index is 859. The zero-order valence-electron chi connectivity index (χ0n) is 13.0. The van der Waals surface area contributed by atoms with E-state index in [-0.39, 0.29) is 11.1 Å². The summed E-state index contributed by atoms with van der Waals surface area (Å²) in [6.07, 6.45) is 2.32. The standard InChI is InChI=1S/C18H14N2O3S/c1-2-9-20-17(21)16(24-18(20)22)10-14-7-8-15(23-14)13-5-3-12(11-19)4-6-13/h3-8,10H,2,9H2,1H3/b16-10+. The van der Waals surface area contributed by atoms with Gasteiger partial charge in [-0.05, 0) is 54.6 Å². The molecular formula is C18H14N2O3S. The lowest BCUT2D eigenvalue weighted by Crippen LogP contribution is -2.28. The minimum absolute atomic E-state index is 0.244. The molecule has 3 rings (SSSR count). The van der Waals surface area contributed by atoms with E-state index in [9.17, 15) is 9.59 Å². The number of hydrogen-bond donors (Lipinski definition) is 0. The van der Waals surface area contributed by atoms with Crippen LogP contribution in [0.2, 0.25) is 0 Å². The van der Waals surface area contributed by atoms with Gasteiger partial charge in [0.05, 0.1) is 16.5 Å². The highest BCUT2D eigenvalue weighted by Crippen LogP contribution is 2.33. The number of carbonyl (C=O) groups excluding carboxylic acids is 2. The van der Waals surface area contributed by atoms with E-state index in [1.54, 1.807) is 42.5 Å². The van der Waals surface area contributed by atoms with E-state index in [1.807, 2.05) is 6.92 Å². The first-order chi connectivity index (χ1) is 11.6. The molecule has 0 atom stereocenters. The highest BCUT2D eigenvalue weighted by atomic mass is 32.2. The van der Waals surface area contributed by atoms with Gasteiger partial charge in [0.15, 0.2) is 0 Å². The molecule has 1 saturated heterocycles. The van der Waals surface area contributed by atoms with Crippen molar-refractivity contribution in [2.24, 2.45) is 0 Å². The van der Waals surface area contributed by atoms with Crippen LogP contribution in [0.4, 0.5) is 4.79 Å². The van der Waals surface area contributed by atoms with E-state index in [1.165, 1.54) is 4.90 Å². The zero-order valence-corrected chi connectivity index (χ0v) is 13.8. The van der Waals surface area contributed by atoms with Crippen LogP contribution in [0, 0.1) is 11.3 Å². The number of nitriles is 1. The minimum atomic E-state index is -0.275. The van der Waals surface area contributed by atoms with E-state index in [0.717, 1.165) is 23.7 Å². The van der Waals surface area contributed by atoms with Crippen molar-refractivity contribution in [3.8, 4) is 17.4 Å². The maximum absolute atomic E-state index is 12.2. The van der Waals surface area contributed by atoms with Gasteiger partial charge >= 0.3 is 0 Å². The molecule has 0 aliphatic carbocycles. The quantitative estimate of drug-likeness (QED) is 0.779. The van der Waals surface area contributed by atoms with Gasteiger partial charge in [0, 0.05) is 18.2 Å². The Labute approximate surface area is 143 Å². The molecule has 1 aliphatic rings. The molecule has 0 unspecified atom stereocenters. The molecule has 1 fully saturated rings. The smallest absolute Gasteiger partial charge is 0.293 e. The minimum Gasteiger partial charge on any atom is -0.457 e. The zero-order chi connectivity index (χ0) is 17.1. The van der Waals surface area contributed by atoms with E-state index in [4.69, 9.17) is 9.68 Å². The molecule has 5 nitrogen and oxygen atoms in total. The van der Waals surface area contributed by atoms with Gasteiger partial charge in [-0.2, -0.15) is 5.26 Å². The molecule has 1 aromatic carbocycles. The molecule has 0 spiro atoms. The van der Waals surface area contributed by atoms with Gasteiger partial charge in [-0.25, -0.2) is 0 Å². The van der Waals surface area contributed by atoms with Gasteiger partial charge in [-0.15, -0.1) is 0 Å². The van der Waals surface area contributed by atoms with Gasteiger partial charge in [0.1, 0.15) is 11.5 Å². The van der Waals surface area contributed by atoms with Crippen LogP contribution in [0.25, 0.3) is 17.4 Å². The van der Waals surface area contributed by atoms with E-state index in [0.29, 0.717) is 28.5 Å². The van der Waals surface area contributed by atoms with Crippen LogP contribution >= 0.6 is 11.8 Å². The van der Waals surface area contributed by atoms with Gasteiger partial charge in [0.25, 0.3) is 11.1 Å². The van der Waals surface area contributed by atoms with Crippen LogP contribution in [-0.4, -0.2) is 22.6 Å². The summed E-state index contributed by atoms with van der Waals surface area (Å²) in [6.45, 7) is 2.35. The first kappa shape index (κ1) is 16.1. The summed E-state index contributed by atoms with van der Waals surface area (Å²) in [5.74, 6) is 0.873. The van der Waals surface area contributed by atoms with Crippen LogP contribution in [0.1, 0.15) is 24.7 Å². The van der Waals surface area contributed by atoms with Crippen molar-refractivity contribution in [3.05, 3.63) is 52.6 Å². The summed E-state index contributed by atoms with van der Waals surface area (Å²) in [7, 11) is 0. The molecule has 0 bridgehead atoms. The van der Waals surface area contributed by atoms with Crippen LogP contribution < -0.4 is 0 Å². The number of rotatable bonds is 4. The molecule has 1 aliphatic heterocycles. The number of nitrogens with zero attached hydrogens (tertiary/aromatic N) is 2. The summed E-state index contributed by atoms with van der Waals surface area (Å²) in [5, 5.41) is 8.58. The second kappa shape index (κ2) is 6.77. The predicted octanol–water partition coefficient (Wildman–Crippen LogP) is 4.26. The van der Waals surface area contributed by atoms with E-state index >= 15 is 0 Å². The summed E-state index contributed by atoms with van der Waals surface area (Å²) in [6, 6.07) is 12.6. The Morgan fingerprint density at radius 1 is 1.21 bits per heavy atom. The van der Waals surface area contributed by atoms with Crippen molar-refractivity contribution in [1.29, 1.82) is 5.26 Å². The number of amides is 2. The number of furan rings is 1. The van der Waals surface area contributed by atoms with Gasteiger partial charge in [-0.3, -0.25) is 14.5 Å². The van der Waals surface area contributed by atoms with Crippen LogP contribution in [0.3, 0.4) is 0 Å². The van der Waals surface area contributed by atoms with E-state index in [2.05, 4.69) is 6.07 Å². The van der Waals surface area contributed by atoms with Gasteiger partial charge in [-0.1, -0.05) is 6.92 Å². The lowest BCUT2D eigenvalue weighted by Gasteiger charge is -2.09. The topological polar surface area (TPSA) is 74.3 Å². The maximum Gasteiger partial charge on any atom is 0.293 e. The summed E-state index contributed by atoms with van der Waals surface area (Å²) in [5.41, 5.74) is 1.42. The second-order valence-corrected chi connectivity index (χ2v) is 6.22. The lowest BCUT2D eigenvalue weighted by molar-refractivity contribution is -0.122. The predicted molar refractivity (Wildman–Crippen MR) is 91.8 cm³/mol. The molecule has 24 heavy (non-hydrogen) atoms. The van der Waals surface area contributed by atoms with Crippen molar-refractivity contribution in [1.82, 2.24) is 4.90 Å². The Hall–Kier alpha value is -2.78. The maximum atomic E-state index is 12.2. The number of benzene rings is 1. The molecule has 6 heteroatoms. The molecule has 2 heterocycles. The van der Waals surface area contributed by atoms with Crippen molar-refractivity contribution in [3.63, 3.8) is 0 Å². The molecule has 0 saturated carbocycles. The van der Waals surface area contributed by atoms with Crippen LogP contribution in [0.15, 0.2) is 45.7 Å². The van der Waals surface area contributed by atoms with Crippen LogP contribution in [0.5, 0.6) is 0 Å². The van der Waals surface area contributed by atoms with Crippen molar-refractivity contribution >= 4 is 29.0 Å². The van der Waals surface area contributed by atoms with Crippen molar-refractivity contribution in [2.75, 3.05) is 6.54 Å². The third-order valence-electron chi connectivity index (χ3n) is 3.52. The van der Waals surface area contributed by atoms with Crippen molar-refractivity contribution in [2.45, 2.75) is 13.3 Å². The molecule has 1 aromatic heterocycles. The fraction of sp³-hybridized carbons (Fsp3) is 0.167. The van der Waals surface area contributed by atoms with Crippen molar-refractivity contribution < 1.29 is 14.0 Å². The monoisotopic (exact) mass is 338 g/mol. The fourth-order valence-corrected chi connectivity index (χ4v) is 3.19. The fourth-order valence-electron chi connectivity index (χ4n) is 2.34.